The summed E-state index contributed by atoms with van der Waals surface area (Å²) < 4.78 is 0. The first-order chi connectivity index (χ1) is 11.1. The SMILES string of the molecule is Cc1ccc(CN2C(=O)[C@@H]3C[C@H]2C[C@H]3c2ccccc2)c(C)c1. The number of aryl methyl sites for hydroxylation is 2. The summed E-state index contributed by atoms with van der Waals surface area (Å²) in [4.78, 5) is 15.0. The smallest absolute Gasteiger partial charge is 0.226 e. The van der Waals surface area contributed by atoms with Gasteiger partial charge in [-0.2, -0.15) is 0 Å². The topological polar surface area (TPSA) is 20.3 Å². The highest BCUT2D eigenvalue weighted by Gasteiger charge is 2.50. The van der Waals surface area contributed by atoms with Crippen molar-refractivity contribution in [3.63, 3.8) is 0 Å². The van der Waals surface area contributed by atoms with Crippen LogP contribution in [0.25, 0.3) is 0 Å². The van der Waals surface area contributed by atoms with Crippen LogP contribution in [-0.4, -0.2) is 16.8 Å². The molecule has 1 amide bonds. The largest absolute Gasteiger partial charge is 0.335 e. The number of rotatable bonds is 3. The molecule has 2 nitrogen and oxygen atoms in total. The lowest BCUT2D eigenvalue weighted by Gasteiger charge is -2.32. The Morgan fingerprint density at radius 3 is 2.43 bits per heavy atom. The van der Waals surface area contributed by atoms with Crippen molar-refractivity contribution in [2.24, 2.45) is 5.92 Å². The molecule has 1 aliphatic heterocycles. The summed E-state index contributed by atoms with van der Waals surface area (Å²) in [6.07, 6.45) is 2.15. The Hall–Kier alpha value is -2.09. The maximum Gasteiger partial charge on any atom is 0.226 e. The molecule has 1 saturated carbocycles. The molecule has 118 valence electrons. The van der Waals surface area contributed by atoms with E-state index in [1.165, 1.54) is 22.3 Å². The molecule has 0 spiro atoms. The van der Waals surface area contributed by atoms with Crippen molar-refractivity contribution in [2.75, 3.05) is 0 Å². The number of piperidine rings is 1. The molecule has 23 heavy (non-hydrogen) atoms. The van der Waals surface area contributed by atoms with Gasteiger partial charge in [-0.3, -0.25) is 4.79 Å². The van der Waals surface area contributed by atoms with E-state index in [1.807, 2.05) is 6.07 Å². The van der Waals surface area contributed by atoms with Crippen LogP contribution in [0.2, 0.25) is 0 Å². The van der Waals surface area contributed by atoms with Gasteiger partial charge in [-0.25, -0.2) is 0 Å². The first-order valence-electron chi connectivity index (χ1n) is 8.55. The second-order valence-corrected chi connectivity index (χ2v) is 7.14. The minimum atomic E-state index is 0.188. The van der Waals surface area contributed by atoms with E-state index < -0.39 is 0 Å². The van der Waals surface area contributed by atoms with E-state index >= 15 is 0 Å². The van der Waals surface area contributed by atoms with Crippen LogP contribution in [0, 0.1) is 19.8 Å². The molecule has 1 aliphatic carbocycles. The van der Waals surface area contributed by atoms with E-state index in [0.29, 0.717) is 17.9 Å². The molecule has 2 aromatic carbocycles. The Bertz CT molecular complexity index is 737. The molecule has 0 aromatic heterocycles. The molecular formula is C21H23NO. The van der Waals surface area contributed by atoms with E-state index in [1.54, 1.807) is 0 Å². The third-order valence-electron chi connectivity index (χ3n) is 5.65. The highest BCUT2D eigenvalue weighted by molar-refractivity contribution is 5.84. The fraction of sp³-hybridized carbons (Fsp3) is 0.381. The lowest BCUT2D eigenvalue weighted by atomic mass is 9.87. The lowest BCUT2D eigenvalue weighted by Crippen LogP contribution is -2.39. The van der Waals surface area contributed by atoms with Gasteiger partial charge in [-0.1, -0.05) is 54.1 Å². The van der Waals surface area contributed by atoms with Crippen molar-refractivity contribution in [1.82, 2.24) is 4.90 Å². The third kappa shape index (κ3) is 2.46. The van der Waals surface area contributed by atoms with Crippen molar-refractivity contribution in [2.45, 2.75) is 45.2 Å². The van der Waals surface area contributed by atoms with Crippen molar-refractivity contribution in [3.8, 4) is 0 Å². The average Bonchev–Trinajstić information content (AvgIpc) is 3.10. The number of fused-ring (bicyclic) bond motifs is 2. The summed E-state index contributed by atoms with van der Waals surface area (Å²) in [7, 11) is 0. The molecule has 0 radical (unpaired) electrons. The van der Waals surface area contributed by atoms with E-state index in [0.717, 1.165) is 19.4 Å². The maximum atomic E-state index is 12.9. The lowest BCUT2D eigenvalue weighted by molar-refractivity contribution is -0.135. The van der Waals surface area contributed by atoms with Crippen LogP contribution in [0.15, 0.2) is 48.5 Å². The summed E-state index contributed by atoms with van der Waals surface area (Å²) >= 11 is 0. The quantitative estimate of drug-likeness (QED) is 0.832. The van der Waals surface area contributed by atoms with Gasteiger partial charge in [-0.15, -0.1) is 0 Å². The van der Waals surface area contributed by atoms with Crippen LogP contribution in [0.1, 0.15) is 41.0 Å². The minimum Gasteiger partial charge on any atom is -0.335 e. The van der Waals surface area contributed by atoms with Crippen LogP contribution in [0.3, 0.4) is 0 Å². The molecule has 2 aliphatic rings. The van der Waals surface area contributed by atoms with Gasteiger partial charge in [0.1, 0.15) is 0 Å². The Morgan fingerprint density at radius 1 is 1.00 bits per heavy atom. The minimum absolute atomic E-state index is 0.188. The van der Waals surface area contributed by atoms with Gasteiger partial charge >= 0.3 is 0 Å². The fourth-order valence-electron chi connectivity index (χ4n) is 4.41. The predicted molar refractivity (Wildman–Crippen MR) is 92.2 cm³/mol. The summed E-state index contributed by atoms with van der Waals surface area (Å²) in [5.74, 6) is 0.965. The van der Waals surface area contributed by atoms with Gasteiger partial charge in [0, 0.05) is 18.5 Å². The van der Waals surface area contributed by atoms with E-state index in [2.05, 4.69) is 61.2 Å². The van der Waals surface area contributed by atoms with Gasteiger partial charge in [0.05, 0.1) is 0 Å². The molecule has 1 heterocycles. The molecule has 0 N–H and O–H groups in total. The Balaban J connectivity index is 1.53. The van der Waals surface area contributed by atoms with Crippen molar-refractivity contribution < 1.29 is 4.79 Å². The standard InChI is InChI=1S/C21H23NO/c1-14-8-9-17(15(2)10-14)13-22-18-11-19(20(12-18)21(22)23)16-6-4-3-5-7-16/h3-10,18-20H,11-13H2,1-2H3/t18-,19+,20-/m1/s1. The Labute approximate surface area is 138 Å². The molecule has 2 bridgehead atoms. The van der Waals surface area contributed by atoms with Gasteiger partial charge in [0.15, 0.2) is 0 Å². The van der Waals surface area contributed by atoms with E-state index in [4.69, 9.17) is 0 Å². The van der Waals surface area contributed by atoms with Crippen LogP contribution in [0.4, 0.5) is 0 Å². The number of nitrogens with zero attached hydrogens (tertiary/aromatic N) is 1. The van der Waals surface area contributed by atoms with Crippen LogP contribution >= 0.6 is 0 Å². The van der Waals surface area contributed by atoms with Crippen molar-refractivity contribution >= 4 is 5.91 Å². The summed E-state index contributed by atoms with van der Waals surface area (Å²) in [6, 6.07) is 17.5. The van der Waals surface area contributed by atoms with Crippen LogP contribution < -0.4 is 0 Å². The monoisotopic (exact) mass is 305 g/mol. The molecule has 0 unspecified atom stereocenters. The highest BCUT2D eigenvalue weighted by Crippen LogP contribution is 2.48. The van der Waals surface area contributed by atoms with Crippen LogP contribution in [-0.2, 0) is 11.3 Å². The molecule has 2 aromatic rings. The zero-order valence-electron chi connectivity index (χ0n) is 13.8. The molecule has 3 atom stereocenters. The van der Waals surface area contributed by atoms with Crippen LogP contribution in [0.5, 0.6) is 0 Å². The number of likely N-dealkylation sites (tertiary alicyclic amines) is 1. The number of amides is 1. The van der Waals surface area contributed by atoms with Gasteiger partial charge in [0.25, 0.3) is 0 Å². The molecule has 4 rings (SSSR count). The number of hydrogen-bond donors (Lipinski definition) is 0. The zero-order chi connectivity index (χ0) is 16.0. The fourth-order valence-corrected chi connectivity index (χ4v) is 4.41. The molecule has 1 saturated heterocycles. The third-order valence-corrected chi connectivity index (χ3v) is 5.65. The molecular weight excluding hydrogens is 282 g/mol. The number of hydrogen-bond acceptors (Lipinski definition) is 1. The second kappa shape index (κ2) is 5.52. The summed E-state index contributed by atoms with van der Waals surface area (Å²) in [6.45, 7) is 5.03. The summed E-state index contributed by atoms with van der Waals surface area (Å²) in [5.41, 5.74) is 5.19. The van der Waals surface area contributed by atoms with E-state index in [-0.39, 0.29) is 5.92 Å². The van der Waals surface area contributed by atoms with Gasteiger partial charge in [0.2, 0.25) is 5.91 Å². The van der Waals surface area contributed by atoms with Gasteiger partial charge < -0.3 is 4.90 Å². The zero-order valence-corrected chi connectivity index (χ0v) is 13.8. The van der Waals surface area contributed by atoms with Crippen molar-refractivity contribution in [1.29, 1.82) is 0 Å². The number of carbonyl (C=O) groups is 1. The first-order valence-corrected chi connectivity index (χ1v) is 8.55. The van der Waals surface area contributed by atoms with Crippen molar-refractivity contribution in [3.05, 3.63) is 70.8 Å². The molecule has 2 heteroatoms. The first kappa shape index (κ1) is 14.5. The predicted octanol–water partition coefficient (Wildman–Crippen LogP) is 4.21. The summed E-state index contributed by atoms with van der Waals surface area (Å²) in [5, 5.41) is 0. The average molecular weight is 305 g/mol. The molecule has 2 fully saturated rings. The Kier molecular flexibility index (Phi) is 3.48. The Morgan fingerprint density at radius 2 is 1.74 bits per heavy atom. The number of carbonyl (C=O) groups excluding carboxylic acids is 1. The number of benzene rings is 2. The highest BCUT2D eigenvalue weighted by atomic mass is 16.2. The maximum absolute atomic E-state index is 12.9. The normalized spacial score (nSPS) is 26.1. The van der Waals surface area contributed by atoms with Gasteiger partial charge in [-0.05, 0) is 49.3 Å². The van der Waals surface area contributed by atoms with E-state index in [9.17, 15) is 4.79 Å². The second-order valence-electron chi connectivity index (χ2n) is 7.14.